The quantitative estimate of drug-likeness (QED) is 0.644. The van der Waals surface area contributed by atoms with Gasteiger partial charge in [0.25, 0.3) is 0 Å². The topological polar surface area (TPSA) is 30.2 Å². The molecule has 1 heterocycles. The Morgan fingerprint density at radius 2 is 1.52 bits per heavy atom. The molecule has 0 saturated carbocycles. The highest BCUT2D eigenvalue weighted by molar-refractivity contribution is 6.07. The minimum Gasteiger partial charge on any atom is -0.458 e. The second-order valence-electron chi connectivity index (χ2n) is 4.89. The van der Waals surface area contributed by atoms with Crippen LogP contribution in [0.5, 0.6) is 0 Å². The van der Waals surface area contributed by atoms with Crippen LogP contribution >= 0.6 is 0 Å². The molecule has 0 aliphatic heterocycles. The number of benzene rings is 2. The number of hydrogen-bond acceptors (Lipinski definition) is 2. The number of furan rings is 1. The first kappa shape index (κ1) is 13.4. The van der Waals surface area contributed by atoms with E-state index >= 15 is 0 Å². The highest BCUT2D eigenvalue weighted by Crippen LogP contribution is 2.21. The summed E-state index contributed by atoms with van der Waals surface area (Å²) in [5.74, 6) is 1.16. The lowest BCUT2D eigenvalue weighted by atomic mass is 10.0. The maximum Gasteiger partial charge on any atom is 0.228 e. The van der Waals surface area contributed by atoms with Gasteiger partial charge < -0.3 is 4.42 Å². The summed E-state index contributed by atoms with van der Waals surface area (Å²) in [7, 11) is 0. The van der Waals surface area contributed by atoms with Gasteiger partial charge in [-0.25, -0.2) is 0 Å². The predicted octanol–water partition coefficient (Wildman–Crippen LogP) is 4.74. The smallest absolute Gasteiger partial charge is 0.228 e. The molecule has 0 fully saturated rings. The molecule has 0 bridgehead atoms. The van der Waals surface area contributed by atoms with E-state index in [2.05, 4.69) is 12.1 Å². The molecule has 3 aromatic rings. The van der Waals surface area contributed by atoms with Gasteiger partial charge in [-0.05, 0) is 23.3 Å². The van der Waals surface area contributed by atoms with Crippen LogP contribution in [0.25, 0.3) is 11.1 Å². The zero-order valence-electron chi connectivity index (χ0n) is 11.9. The third-order valence-electron chi connectivity index (χ3n) is 3.49. The van der Waals surface area contributed by atoms with Crippen LogP contribution in [0.1, 0.15) is 28.8 Å². The van der Waals surface area contributed by atoms with Crippen molar-refractivity contribution in [3.05, 3.63) is 83.8 Å². The van der Waals surface area contributed by atoms with Crippen LogP contribution in [0.3, 0.4) is 0 Å². The van der Waals surface area contributed by atoms with Crippen molar-refractivity contribution in [3.8, 4) is 11.1 Å². The molecular weight excluding hydrogens is 260 g/mol. The fraction of sp³-hybridized carbons (Fsp3) is 0.105. The fourth-order valence-corrected chi connectivity index (χ4v) is 2.28. The van der Waals surface area contributed by atoms with Gasteiger partial charge in [0.15, 0.2) is 5.76 Å². The van der Waals surface area contributed by atoms with Crippen LogP contribution in [0.4, 0.5) is 0 Å². The first-order valence-corrected chi connectivity index (χ1v) is 7.07. The normalized spacial score (nSPS) is 10.5. The molecule has 2 aromatic carbocycles. The molecule has 21 heavy (non-hydrogen) atoms. The molecular formula is C19H16O2. The Bertz CT molecular complexity index is 737. The summed E-state index contributed by atoms with van der Waals surface area (Å²) in [6.45, 7) is 2.00. The van der Waals surface area contributed by atoms with Gasteiger partial charge in [0.05, 0.1) is 0 Å². The lowest BCUT2D eigenvalue weighted by Crippen LogP contribution is -1.99. The lowest BCUT2D eigenvalue weighted by molar-refractivity contribution is 0.101. The number of aryl methyl sites for hydroxylation is 1. The van der Waals surface area contributed by atoms with Crippen LogP contribution < -0.4 is 0 Å². The van der Waals surface area contributed by atoms with Gasteiger partial charge in [0, 0.05) is 12.0 Å². The van der Waals surface area contributed by atoms with Gasteiger partial charge in [-0.1, -0.05) is 61.5 Å². The number of carbonyl (C=O) groups excluding carboxylic acids is 1. The van der Waals surface area contributed by atoms with E-state index in [0.717, 1.165) is 23.3 Å². The van der Waals surface area contributed by atoms with Gasteiger partial charge in [-0.2, -0.15) is 0 Å². The van der Waals surface area contributed by atoms with Crippen LogP contribution in [0.2, 0.25) is 0 Å². The molecule has 0 radical (unpaired) electrons. The van der Waals surface area contributed by atoms with E-state index in [1.54, 1.807) is 6.07 Å². The highest BCUT2D eigenvalue weighted by Gasteiger charge is 2.13. The molecule has 0 atom stereocenters. The minimum absolute atomic E-state index is 0.0747. The van der Waals surface area contributed by atoms with Crippen LogP contribution in [0.15, 0.2) is 71.1 Å². The first-order chi connectivity index (χ1) is 10.3. The third kappa shape index (κ3) is 2.79. The standard InChI is InChI=1S/C19H16O2/c1-2-17-12-13-18(21-17)19(20)16-10-8-15(9-11-16)14-6-4-3-5-7-14/h3-13H,2H2,1H3. The maximum atomic E-state index is 12.3. The van der Waals surface area contributed by atoms with E-state index in [1.807, 2.05) is 55.5 Å². The molecule has 0 amide bonds. The summed E-state index contributed by atoms with van der Waals surface area (Å²) in [6, 6.07) is 21.3. The molecule has 0 aliphatic carbocycles. The summed E-state index contributed by atoms with van der Waals surface area (Å²) < 4.78 is 5.51. The average Bonchev–Trinajstić information content (AvgIpc) is 3.04. The van der Waals surface area contributed by atoms with Gasteiger partial charge in [0.2, 0.25) is 5.78 Å². The summed E-state index contributed by atoms with van der Waals surface area (Å²) >= 11 is 0. The molecule has 104 valence electrons. The Morgan fingerprint density at radius 3 is 2.14 bits per heavy atom. The summed E-state index contributed by atoms with van der Waals surface area (Å²) in [6.07, 6.45) is 0.792. The molecule has 0 saturated heterocycles. The van der Waals surface area contributed by atoms with Crippen molar-refractivity contribution in [2.45, 2.75) is 13.3 Å². The molecule has 3 rings (SSSR count). The molecule has 1 aromatic heterocycles. The molecule has 0 unspecified atom stereocenters. The Kier molecular flexibility index (Phi) is 3.69. The second-order valence-corrected chi connectivity index (χ2v) is 4.89. The number of carbonyl (C=O) groups is 1. The molecule has 0 N–H and O–H groups in total. The van der Waals surface area contributed by atoms with Crippen molar-refractivity contribution in [1.82, 2.24) is 0 Å². The van der Waals surface area contributed by atoms with Crippen molar-refractivity contribution in [1.29, 1.82) is 0 Å². The third-order valence-corrected chi connectivity index (χ3v) is 3.49. The number of ketones is 1. The predicted molar refractivity (Wildman–Crippen MR) is 83.4 cm³/mol. The van der Waals surface area contributed by atoms with Crippen LogP contribution in [0, 0.1) is 0 Å². The van der Waals surface area contributed by atoms with Crippen molar-refractivity contribution in [3.63, 3.8) is 0 Å². The highest BCUT2D eigenvalue weighted by atomic mass is 16.3. The SMILES string of the molecule is CCc1ccc(C(=O)c2ccc(-c3ccccc3)cc2)o1. The van der Waals surface area contributed by atoms with Crippen molar-refractivity contribution < 1.29 is 9.21 Å². The van der Waals surface area contributed by atoms with Crippen molar-refractivity contribution in [2.24, 2.45) is 0 Å². The molecule has 2 nitrogen and oxygen atoms in total. The summed E-state index contributed by atoms with van der Waals surface area (Å²) in [5.41, 5.74) is 2.88. The van der Waals surface area contributed by atoms with Crippen LogP contribution in [-0.4, -0.2) is 5.78 Å². The first-order valence-electron chi connectivity index (χ1n) is 7.07. The Morgan fingerprint density at radius 1 is 0.857 bits per heavy atom. The van der Waals surface area contributed by atoms with E-state index in [4.69, 9.17) is 4.42 Å². The average molecular weight is 276 g/mol. The van der Waals surface area contributed by atoms with Crippen molar-refractivity contribution >= 4 is 5.78 Å². The van der Waals surface area contributed by atoms with Crippen molar-refractivity contribution in [2.75, 3.05) is 0 Å². The Labute approximate surface area is 124 Å². The second kappa shape index (κ2) is 5.80. The zero-order chi connectivity index (χ0) is 14.7. The van der Waals surface area contributed by atoms with Gasteiger partial charge >= 0.3 is 0 Å². The van der Waals surface area contributed by atoms with E-state index in [1.165, 1.54) is 0 Å². The minimum atomic E-state index is -0.0747. The Balaban J connectivity index is 1.85. The molecule has 2 heteroatoms. The summed E-state index contributed by atoms with van der Waals surface area (Å²) in [5, 5.41) is 0. The van der Waals surface area contributed by atoms with Gasteiger partial charge in [-0.3, -0.25) is 4.79 Å². The zero-order valence-corrected chi connectivity index (χ0v) is 11.9. The van der Waals surface area contributed by atoms with E-state index in [9.17, 15) is 4.79 Å². The lowest BCUT2D eigenvalue weighted by Gasteiger charge is -2.03. The van der Waals surface area contributed by atoms with E-state index < -0.39 is 0 Å². The molecule has 0 spiro atoms. The maximum absolute atomic E-state index is 12.3. The monoisotopic (exact) mass is 276 g/mol. The molecule has 0 aliphatic rings. The number of hydrogen-bond donors (Lipinski definition) is 0. The van der Waals surface area contributed by atoms with Gasteiger partial charge in [0.1, 0.15) is 5.76 Å². The fourth-order valence-electron chi connectivity index (χ4n) is 2.28. The summed E-state index contributed by atoms with van der Waals surface area (Å²) in [4.78, 5) is 12.3. The van der Waals surface area contributed by atoms with E-state index in [0.29, 0.717) is 11.3 Å². The van der Waals surface area contributed by atoms with E-state index in [-0.39, 0.29) is 5.78 Å². The largest absolute Gasteiger partial charge is 0.458 e. The number of rotatable bonds is 4. The van der Waals surface area contributed by atoms with Gasteiger partial charge in [-0.15, -0.1) is 0 Å². The Hall–Kier alpha value is -2.61. The van der Waals surface area contributed by atoms with Crippen LogP contribution in [-0.2, 0) is 6.42 Å².